The van der Waals surface area contributed by atoms with Gasteiger partial charge >= 0.3 is 0 Å². The largest absolute Gasteiger partial charge is 0.369 e. The molecule has 64 valence electrons. The van der Waals surface area contributed by atoms with Gasteiger partial charge in [-0.25, -0.2) is 5.53 Å². The highest BCUT2D eigenvalue weighted by atomic mass is 16.1. The van der Waals surface area contributed by atoms with Crippen LogP contribution < -0.4 is 5.73 Å². The molecule has 0 heterocycles. The monoisotopic (exact) mass is 157 g/mol. The normalized spacial score (nSPS) is 15.5. The first-order valence-corrected chi connectivity index (χ1v) is 3.70. The van der Waals surface area contributed by atoms with Crippen molar-refractivity contribution in [3.63, 3.8) is 0 Å². The van der Waals surface area contributed by atoms with E-state index in [2.05, 4.69) is 5.11 Å². The molecule has 0 saturated heterocycles. The number of rotatable bonds is 5. The van der Waals surface area contributed by atoms with Crippen LogP contribution in [0.25, 0.3) is 0 Å². The lowest BCUT2D eigenvalue weighted by Crippen LogP contribution is -2.22. The third-order valence-corrected chi connectivity index (χ3v) is 1.64. The topological polar surface area (TPSA) is 79.3 Å². The maximum atomic E-state index is 10.6. The summed E-state index contributed by atoms with van der Waals surface area (Å²) >= 11 is 0. The molecule has 2 atom stereocenters. The van der Waals surface area contributed by atoms with E-state index in [9.17, 15) is 4.79 Å². The summed E-state index contributed by atoms with van der Waals surface area (Å²) in [4.78, 5) is 10.6. The molecule has 0 rings (SSSR count). The number of primary amides is 1. The standard InChI is InChI=1S/C7H15N3O/c1-5(4-10-9)3-6(2)7(8)11/h5-6,9H,3-4H2,1-2H3,(H2,8,11). The van der Waals surface area contributed by atoms with Crippen molar-refractivity contribution in [2.45, 2.75) is 20.3 Å². The first-order chi connectivity index (χ1) is 5.07. The molecule has 0 aliphatic heterocycles. The van der Waals surface area contributed by atoms with Crippen LogP contribution >= 0.6 is 0 Å². The lowest BCUT2D eigenvalue weighted by atomic mass is 9.97. The molecular weight excluding hydrogens is 142 g/mol. The van der Waals surface area contributed by atoms with Gasteiger partial charge in [0.05, 0.1) is 6.54 Å². The summed E-state index contributed by atoms with van der Waals surface area (Å²) in [5, 5.41) is 3.25. The molecule has 3 N–H and O–H groups in total. The van der Waals surface area contributed by atoms with Gasteiger partial charge in [0.15, 0.2) is 0 Å². The summed E-state index contributed by atoms with van der Waals surface area (Å²) in [5.41, 5.74) is 11.7. The molecule has 0 radical (unpaired) electrons. The highest BCUT2D eigenvalue weighted by Gasteiger charge is 2.12. The zero-order valence-corrected chi connectivity index (χ0v) is 7.00. The van der Waals surface area contributed by atoms with Gasteiger partial charge in [0.1, 0.15) is 0 Å². The Kier molecular flexibility index (Phi) is 4.41. The second-order valence-electron chi connectivity index (χ2n) is 2.98. The van der Waals surface area contributed by atoms with Crippen LogP contribution in [-0.4, -0.2) is 12.5 Å². The van der Waals surface area contributed by atoms with Gasteiger partial charge < -0.3 is 5.73 Å². The predicted molar refractivity (Wildman–Crippen MR) is 42.2 cm³/mol. The van der Waals surface area contributed by atoms with E-state index in [0.717, 1.165) is 6.42 Å². The Bertz CT molecular complexity index is 147. The van der Waals surface area contributed by atoms with Crippen LogP contribution in [0.1, 0.15) is 20.3 Å². The minimum atomic E-state index is -0.276. The quantitative estimate of drug-likeness (QED) is 0.577. The molecule has 0 aromatic rings. The van der Waals surface area contributed by atoms with E-state index in [1.165, 1.54) is 0 Å². The van der Waals surface area contributed by atoms with Crippen molar-refractivity contribution < 1.29 is 4.79 Å². The lowest BCUT2D eigenvalue weighted by Gasteiger charge is -2.11. The van der Waals surface area contributed by atoms with E-state index < -0.39 is 0 Å². The Balaban J connectivity index is 3.64. The molecule has 0 fully saturated rings. The van der Waals surface area contributed by atoms with Gasteiger partial charge in [-0.3, -0.25) is 4.79 Å². The SMILES string of the molecule is CC(CN=N)CC(C)C(N)=O. The van der Waals surface area contributed by atoms with Crippen LogP contribution in [0, 0.1) is 17.4 Å². The molecule has 0 aromatic heterocycles. The Morgan fingerprint density at radius 2 is 2.18 bits per heavy atom. The molecule has 0 spiro atoms. The number of nitrogens with two attached hydrogens (primary N) is 1. The number of carbonyl (C=O) groups is 1. The van der Waals surface area contributed by atoms with Gasteiger partial charge in [0, 0.05) is 5.92 Å². The van der Waals surface area contributed by atoms with Crippen LogP contribution in [0.3, 0.4) is 0 Å². The first kappa shape index (κ1) is 10.1. The summed E-state index contributed by atoms with van der Waals surface area (Å²) in [6, 6.07) is 0. The highest BCUT2D eigenvalue weighted by Crippen LogP contribution is 2.11. The molecule has 11 heavy (non-hydrogen) atoms. The average Bonchev–Trinajstić information content (AvgIpc) is 1.87. The van der Waals surface area contributed by atoms with Crippen LogP contribution in [0.2, 0.25) is 0 Å². The fourth-order valence-electron chi connectivity index (χ4n) is 0.950. The van der Waals surface area contributed by atoms with Crippen molar-refractivity contribution in [3.8, 4) is 0 Å². The van der Waals surface area contributed by atoms with Crippen molar-refractivity contribution in [1.29, 1.82) is 5.53 Å². The zero-order valence-electron chi connectivity index (χ0n) is 7.00. The zero-order chi connectivity index (χ0) is 8.85. The Morgan fingerprint density at radius 1 is 1.64 bits per heavy atom. The number of carbonyl (C=O) groups excluding carboxylic acids is 1. The molecule has 0 saturated carbocycles. The maximum Gasteiger partial charge on any atom is 0.220 e. The van der Waals surface area contributed by atoms with Gasteiger partial charge in [-0.1, -0.05) is 13.8 Å². The van der Waals surface area contributed by atoms with Crippen molar-refractivity contribution in [2.24, 2.45) is 22.7 Å². The second kappa shape index (κ2) is 4.82. The number of nitrogens with zero attached hydrogens (tertiary/aromatic N) is 1. The third kappa shape index (κ3) is 4.47. The smallest absolute Gasteiger partial charge is 0.220 e. The Hall–Kier alpha value is -0.930. The van der Waals surface area contributed by atoms with Gasteiger partial charge in [-0.15, -0.1) is 0 Å². The van der Waals surface area contributed by atoms with Gasteiger partial charge in [0.25, 0.3) is 0 Å². The van der Waals surface area contributed by atoms with E-state index in [0.29, 0.717) is 6.54 Å². The van der Waals surface area contributed by atoms with Crippen molar-refractivity contribution in [2.75, 3.05) is 6.54 Å². The number of nitrogens with one attached hydrogen (secondary N) is 1. The van der Waals surface area contributed by atoms with Crippen LogP contribution in [-0.2, 0) is 4.79 Å². The molecule has 0 aromatic carbocycles. The fourth-order valence-corrected chi connectivity index (χ4v) is 0.950. The predicted octanol–water partition coefficient (Wildman–Crippen LogP) is 1.16. The van der Waals surface area contributed by atoms with E-state index >= 15 is 0 Å². The second-order valence-corrected chi connectivity index (χ2v) is 2.98. The molecule has 0 bridgehead atoms. The van der Waals surface area contributed by atoms with Crippen molar-refractivity contribution in [3.05, 3.63) is 0 Å². The van der Waals surface area contributed by atoms with Crippen molar-refractivity contribution >= 4 is 5.91 Å². The minimum Gasteiger partial charge on any atom is -0.369 e. The van der Waals surface area contributed by atoms with Gasteiger partial charge in [-0.05, 0) is 12.3 Å². The Labute approximate surface area is 66.7 Å². The number of amides is 1. The van der Waals surface area contributed by atoms with E-state index in [4.69, 9.17) is 11.3 Å². The molecule has 1 amide bonds. The molecule has 2 unspecified atom stereocenters. The maximum absolute atomic E-state index is 10.6. The highest BCUT2D eigenvalue weighted by molar-refractivity contribution is 5.76. The van der Waals surface area contributed by atoms with Crippen molar-refractivity contribution in [1.82, 2.24) is 0 Å². The van der Waals surface area contributed by atoms with E-state index in [-0.39, 0.29) is 17.7 Å². The summed E-state index contributed by atoms with van der Waals surface area (Å²) in [6.45, 7) is 4.23. The summed E-state index contributed by atoms with van der Waals surface area (Å²) in [7, 11) is 0. The van der Waals surface area contributed by atoms with Crippen LogP contribution in [0.5, 0.6) is 0 Å². The van der Waals surface area contributed by atoms with Crippen LogP contribution in [0.4, 0.5) is 0 Å². The molecular formula is C7H15N3O. The van der Waals surface area contributed by atoms with Gasteiger partial charge in [0.2, 0.25) is 5.91 Å². The average molecular weight is 157 g/mol. The molecule has 0 aliphatic rings. The molecule has 0 aliphatic carbocycles. The third-order valence-electron chi connectivity index (χ3n) is 1.64. The van der Waals surface area contributed by atoms with E-state index in [1.54, 1.807) is 6.92 Å². The fraction of sp³-hybridized carbons (Fsp3) is 0.857. The van der Waals surface area contributed by atoms with Gasteiger partial charge in [-0.2, -0.15) is 5.11 Å². The summed E-state index contributed by atoms with van der Waals surface area (Å²) in [6.07, 6.45) is 0.720. The van der Waals surface area contributed by atoms with E-state index in [1.807, 2.05) is 6.92 Å². The molecule has 4 heteroatoms. The van der Waals surface area contributed by atoms with Crippen LogP contribution in [0.15, 0.2) is 5.11 Å². The Morgan fingerprint density at radius 3 is 2.55 bits per heavy atom. The lowest BCUT2D eigenvalue weighted by molar-refractivity contribution is -0.121. The number of hydrogen-bond acceptors (Lipinski definition) is 3. The molecule has 4 nitrogen and oxygen atoms in total. The number of hydrogen-bond donors (Lipinski definition) is 2. The minimum absolute atomic E-state index is 0.105. The summed E-state index contributed by atoms with van der Waals surface area (Å²) < 4.78 is 0. The first-order valence-electron chi connectivity index (χ1n) is 3.70. The summed E-state index contributed by atoms with van der Waals surface area (Å²) in [5.74, 6) is -0.108.